The number of nitrogens with zero attached hydrogens (tertiary/aromatic N) is 3. The van der Waals surface area contributed by atoms with E-state index >= 15 is 0 Å². The Hall–Kier alpha value is -3.42. The van der Waals surface area contributed by atoms with Gasteiger partial charge in [0.25, 0.3) is 5.89 Å². The SMILES string of the molecule is Cc1cccnc1-c1noc(-c2ccc(NC(=O)OC(C)(C)C)cc2O)n1. The topological polar surface area (TPSA) is 110 Å². The lowest BCUT2D eigenvalue weighted by molar-refractivity contribution is 0.0636. The Kier molecular flexibility index (Phi) is 4.81. The van der Waals surface area contributed by atoms with Crippen molar-refractivity contribution in [2.24, 2.45) is 0 Å². The third kappa shape index (κ3) is 4.41. The van der Waals surface area contributed by atoms with E-state index in [1.807, 2.05) is 19.1 Å². The van der Waals surface area contributed by atoms with Crippen LogP contribution >= 0.6 is 0 Å². The first-order valence-electron chi connectivity index (χ1n) is 8.32. The molecule has 0 radical (unpaired) electrons. The van der Waals surface area contributed by atoms with Gasteiger partial charge in [0.05, 0.1) is 5.56 Å². The Morgan fingerprint density at radius 1 is 1.26 bits per heavy atom. The molecule has 2 N–H and O–H groups in total. The number of aryl methyl sites for hydroxylation is 1. The van der Waals surface area contributed by atoms with Gasteiger partial charge < -0.3 is 14.4 Å². The van der Waals surface area contributed by atoms with Crippen LogP contribution in [0.1, 0.15) is 26.3 Å². The van der Waals surface area contributed by atoms with Gasteiger partial charge >= 0.3 is 6.09 Å². The molecular weight excluding hydrogens is 348 g/mol. The minimum absolute atomic E-state index is 0.114. The molecule has 0 atom stereocenters. The second-order valence-corrected chi connectivity index (χ2v) is 6.95. The summed E-state index contributed by atoms with van der Waals surface area (Å²) >= 11 is 0. The summed E-state index contributed by atoms with van der Waals surface area (Å²) < 4.78 is 10.4. The number of benzene rings is 1. The van der Waals surface area contributed by atoms with Gasteiger partial charge in [-0.3, -0.25) is 10.3 Å². The van der Waals surface area contributed by atoms with Crippen LogP contribution in [0.25, 0.3) is 23.0 Å². The van der Waals surface area contributed by atoms with Crippen molar-refractivity contribution in [1.29, 1.82) is 0 Å². The van der Waals surface area contributed by atoms with Crippen LogP contribution in [0, 0.1) is 6.92 Å². The van der Waals surface area contributed by atoms with Crippen LogP contribution in [0.3, 0.4) is 0 Å². The highest BCUT2D eigenvalue weighted by atomic mass is 16.6. The molecule has 2 aromatic heterocycles. The predicted molar refractivity (Wildman–Crippen MR) is 99.2 cm³/mol. The largest absolute Gasteiger partial charge is 0.507 e. The molecule has 0 spiro atoms. The summed E-state index contributed by atoms with van der Waals surface area (Å²) in [6, 6.07) is 8.28. The fourth-order valence-corrected chi connectivity index (χ4v) is 2.36. The van der Waals surface area contributed by atoms with Crippen molar-refractivity contribution < 1.29 is 19.2 Å². The van der Waals surface area contributed by atoms with E-state index in [0.717, 1.165) is 5.56 Å². The van der Waals surface area contributed by atoms with Crippen molar-refractivity contribution in [1.82, 2.24) is 15.1 Å². The predicted octanol–water partition coefficient (Wildman–Crippen LogP) is 4.16. The molecule has 8 heteroatoms. The van der Waals surface area contributed by atoms with Gasteiger partial charge in [0.2, 0.25) is 5.82 Å². The van der Waals surface area contributed by atoms with Gasteiger partial charge in [-0.05, 0) is 51.5 Å². The Morgan fingerprint density at radius 2 is 2.04 bits per heavy atom. The number of hydrogen-bond acceptors (Lipinski definition) is 7. The number of hydrogen-bond donors (Lipinski definition) is 2. The van der Waals surface area contributed by atoms with Gasteiger partial charge in [-0.25, -0.2) is 4.79 Å². The third-order valence-corrected chi connectivity index (χ3v) is 3.52. The number of aromatic hydroxyl groups is 1. The second kappa shape index (κ2) is 7.06. The number of anilines is 1. The van der Waals surface area contributed by atoms with E-state index in [2.05, 4.69) is 20.4 Å². The lowest BCUT2D eigenvalue weighted by atomic mass is 10.1. The smallest absolute Gasteiger partial charge is 0.412 e. The third-order valence-electron chi connectivity index (χ3n) is 3.52. The van der Waals surface area contributed by atoms with Crippen LogP contribution in [0.5, 0.6) is 5.75 Å². The molecule has 8 nitrogen and oxygen atoms in total. The number of pyridine rings is 1. The Labute approximate surface area is 156 Å². The van der Waals surface area contributed by atoms with E-state index in [1.54, 1.807) is 39.1 Å². The quantitative estimate of drug-likeness (QED) is 0.714. The van der Waals surface area contributed by atoms with Gasteiger partial charge in [0, 0.05) is 18.0 Å². The van der Waals surface area contributed by atoms with Crippen molar-refractivity contribution >= 4 is 11.8 Å². The molecule has 1 amide bonds. The zero-order valence-corrected chi connectivity index (χ0v) is 15.5. The van der Waals surface area contributed by atoms with Crippen LogP contribution in [0.4, 0.5) is 10.5 Å². The summed E-state index contributed by atoms with van der Waals surface area (Å²) in [5.74, 6) is 0.367. The molecule has 1 aromatic carbocycles. The summed E-state index contributed by atoms with van der Waals surface area (Å²) in [6.45, 7) is 7.20. The van der Waals surface area contributed by atoms with Crippen LogP contribution < -0.4 is 5.32 Å². The van der Waals surface area contributed by atoms with Crippen LogP contribution in [-0.4, -0.2) is 31.9 Å². The number of ether oxygens (including phenoxy) is 1. The summed E-state index contributed by atoms with van der Waals surface area (Å²) in [7, 11) is 0. The van der Waals surface area contributed by atoms with E-state index < -0.39 is 11.7 Å². The fourth-order valence-electron chi connectivity index (χ4n) is 2.36. The first-order valence-corrected chi connectivity index (χ1v) is 8.32. The molecule has 0 unspecified atom stereocenters. The molecule has 0 fully saturated rings. The molecule has 0 aliphatic heterocycles. The molecule has 0 saturated heterocycles. The highest BCUT2D eigenvalue weighted by Crippen LogP contribution is 2.32. The van der Waals surface area contributed by atoms with Crippen molar-refractivity contribution in [2.45, 2.75) is 33.3 Å². The normalized spacial score (nSPS) is 11.3. The number of nitrogens with one attached hydrogen (secondary N) is 1. The van der Waals surface area contributed by atoms with Crippen molar-refractivity contribution in [3.05, 3.63) is 42.1 Å². The maximum absolute atomic E-state index is 11.8. The molecule has 27 heavy (non-hydrogen) atoms. The van der Waals surface area contributed by atoms with E-state index in [1.165, 1.54) is 6.07 Å². The number of rotatable bonds is 3. The van der Waals surface area contributed by atoms with Crippen molar-refractivity contribution in [2.75, 3.05) is 5.32 Å². The molecule has 2 heterocycles. The monoisotopic (exact) mass is 368 g/mol. The number of amides is 1. The van der Waals surface area contributed by atoms with E-state index in [4.69, 9.17) is 9.26 Å². The highest BCUT2D eigenvalue weighted by Gasteiger charge is 2.19. The van der Waals surface area contributed by atoms with Gasteiger partial charge in [0.1, 0.15) is 17.0 Å². The molecule has 3 aromatic rings. The Morgan fingerprint density at radius 3 is 2.70 bits per heavy atom. The lowest BCUT2D eigenvalue weighted by Gasteiger charge is -2.19. The summed E-state index contributed by atoms with van der Waals surface area (Å²) in [4.78, 5) is 20.4. The average molecular weight is 368 g/mol. The Bertz CT molecular complexity index is 976. The first kappa shape index (κ1) is 18.4. The summed E-state index contributed by atoms with van der Waals surface area (Å²) in [6.07, 6.45) is 1.04. The molecule has 140 valence electrons. The molecule has 0 aliphatic carbocycles. The Balaban J connectivity index is 1.81. The lowest BCUT2D eigenvalue weighted by Crippen LogP contribution is -2.27. The minimum Gasteiger partial charge on any atom is -0.507 e. The van der Waals surface area contributed by atoms with Crippen LogP contribution in [0.15, 0.2) is 41.1 Å². The van der Waals surface area contributed by atoms with Crippen LogP contribution in [-0.2, 0) is 4.74 Å². The van der Waals surface area contributed by atoms with E-state index in [9.17, 15) is 9.90 Å². The van der Waals surface area contributed by atoms with Gasteiger partial charge in [-0.1, -0.05) is 11.2 Å². The van der Waals surface area contributed by atoms with Gasteiger partial charge in [-0.2, -0.15) is 4.98 Å². The number of aromatic nitrogens is 3. The zero-order chi connectivity index (χ0) is 19.6. The van der Waals surface area contributed by atoms with E-state index in [-0.39, 0.29) is 11.6 Å². The fraction of sp³-hybridized carbons (Fsp3) is 0.263. The highest BCUT2D eigenvalue weighted by molar-refractivity contribution is 5.86. The number of phenols is 1. The second-order valence-electron chi connectivity index (χ2n) is 6.95. The molecule has 0 saturated carbocycles. The average Bonchev–Trinajstić information content (AvgIpc) is 3.03. The number of carbonyl (C=O) groups is 1. The van der Waals surface area contributed by atoms with Crippen molar-refractivity contribution in [3.8, 4) is 28.7 Å². The number of carbonyl (C=O) groups excluding carboxylic acids is 1. The molecule has 3 rings (SSSR count). The van der Waals surface area contributed by atoms with Gasteiger partial charge in [0.15, 0.2) is 0 Å². The zero-order valence-electron chi connectivity index (χ0n) is 15.5. The maximum atomic E-state index is 11.8. The molecular formula is C19H20N4O4. The standard InChI is InChI=1S/C19H20N4O4/c1-11-6-5-9-20-15(11)16-22-17(27-23-16)13-8-7-12(10-14(13)24)21-18(25)26-19(2,3)4/h5-10,24H,1-4H3,(H,21,25). The number of phenolic OH excluding ortho intramolecular Hbond substituents is 1. The summed E-state index contributed by atoms with van der Waals surface area (Å²) in [5, 5.41) is 16.8. The first-order chi connectivity index (χ1) is 12.7. The molecule has 0 bridgehead atoms. The van der Waals surface area contributed by atoms with E-state index in [0.29, 0.717) is 22.8 Å². The maximum Gasteiger partial charge on any atom is 0.412 e. The molecule has 0 aliphatic rings. The van der Waals surface area contributed by atoms with Crippen LogP contribution in [0.2, 0.25) is 0 Å². The van der Waals surface area contributed by atoms with Gasteiger partial charge in [-0.15, -0.1) is 0 Å². The summed E-state index contributed by atoms with van der Waals surface area (Å²) in [5.41, 5.74) is 1.62. The van der Waals surface area contributed by atoms with Crippen molar-refractivity contribution in [3.63, 3.8) is 0 Å². The minimum atomic E-state index is -0.615.